The second-order valence-corrected chi connectivity index (χ2v) is 9.92. The maximum Gasteiger partial charge on any atom is 0.270 e. The Bertz CT molecular complexity index is 1090. The van der Waals surface area contributed by atoms with E-state index in [1.807, 2.05) is 0 Å². The summed E-state index contributed by atoms with van der Waals surface area (Å²) in [6.45, 7) is 9.42. The van der Waals surface area contributed by atoms with Crippen LogP contribution in [0.4, 0.5) is 10.8 Å². The summed E-state index contributed by atoms with van der Waals surface area (Å²) in [4.78, 5) is 33.8. The van der Waals surface area contributed by atoms with E-state index in [4.69, 9.17) is 0 Å². The topological polar surface area (TPSA) is 79.6 Å². The predicted molar refractivity (Wildman–Crippen MR) is 145 cm³/mol. The molecule has 0 saturated carbocycles. The van der Waals surface area contributed by atoms with Crippen LogP contribution in [0.3, 0.4) is 0 Å². The summed E-state index contributed by atoms with van der Waals surface area (Å²) in [6.07, 6.45) is 1.21. The van der Waals surface area contributed by atoms with Crippen LogP contribution < -0.4 is 4.90 Å². The summed E-state index contributed by atoms with van der Waals surface area (Å²) in [7, 11) is 0. The fourth-order valence-electron chi connectivity index (χ4n) is 3.42. The number of thiazole rings is 1. The highest BCUT2D eigenvalue weighted by Crippen LogP contribution is 2.32. The van der Waals surface area contributed by atoms with Crippen molar-refractivity contribution in [2.75, 3.05) is 36.8 Å². The maximum atomic E-state index is 13.2. The molecule has 0 aliphatic heterocycles. The standard InChI is InChI=1S/C24H30N4O3S2.ClH/c1-4-26(5-2)14-15-27(23(29)7-6-16-32-20-11-8-18(3)9-12-20)24-25-21-13-10-19(28(30)31)17-22(21)33-24;/h8-13,17H,4-7,14-16H2,1-3H3;1H. The van der Waals surface area contributed by atoms with Gasteiger partial charge in [0.15, 0.2) is 5.13 Å². The maximum absolute atomic E-state index is 13.2. The SMILES string of the molecule is CCN(CC)CCN(C(=O)CCCSc1ccc(C)cc1)c1nc2ccc([N+](=O)[O-])cc2s1.Cl. The van der Waals surface area contributed by atoms with E-state index in [2.05, 4.69) is 54.9 Å². The van der Waals surface area contributed by atoms with Crippen molar-refractivity contribution in [3.05, 3.63) is 58.1 Å². The number of aromatic nitrogens is 1. The van der Waals surface area contributed by atoms with Gasteiger partial charge in [0, 0.05) is 36.5 Å². The molecule has 0 spiro atoms. The fourth-order valence-corrected chi connectivity index (χ4v) is 5.32. The lowest BCUT2D eigenvalue weighted by Gasteiger charge is -2.24. The molecular weight excluding hydrogens is 492 g/mol. The number of benzene rings is 2. The zero-order valence-corrected chi connectivity index (χ0v) is 22.2. The Labute approximate surface area is 215 Å². The molecule has 0 aliphatic carbocycles. The van der Waals surface area contributed by atoms with Crippen molar-refractivity contribution in [2.45, 2.75) is 38.5 Å². The molecule has 1 amide bonds. The average Bonchev–Trinajstić information content (AvgIpc) is 3.23. The Morgan fingerprint density at radius 3 is 2.47 bits per heavy atom. The lowest BCUT2D eigenvalue weighted by Crippen LogP contribution is -2.38. The zero-order chi connectivity index (χ0) is 23.8. The molecule has 1 aromatic heterocycles. The van der Waals surface area contributed by atoms with Crippen LogP contribution in [0.5, 0.6) is 0 Å². The van der Waals surface area contributed by atoms with Gasteiger partial charge >= 0.3 is 0 Å². The van der Waals surface area contributed by atoms with Crippen molar-refractivity contribution in [1.82, 2.24) is 9.88 Å². The molecule has 34 heavy (non-hydrogen) atoms. The molecule has 0 atom stereocenters. The number of nitrogens with zero attached hydrogens (tertiary/aromatic N) is 4. The molecule has 0 N–H and O–H groups in total. The first-order valence-electron chi connectivity index (χ1n) is 11.2. The van der Waals surface area contributed by atoms with Gasteiger partial charge in [-0.3, -0.25) is 19.8 Å². The number of carbonyl (C=O) groups excluding carboxylic acids is 1. The number of nitro groups is 1. The summed E-state index contributed by atoms with van der Waals surface area (Å²) in [5.74, 6) is 0.908. The van der Waals surface area contributed by atoms with Crippen molar-refractivity contribution < 1.29 is 9.72 Å². The number of anilines is 1. The lowest BCUT2D eigenvalue weighted by atomic mass is 10.2. The minimum absolute atomic E-state index is 0. The van der Waals surface area contributed by atoms with Crippen LogP contribution in [-0.4, -0.2) is 52.6 Å². The Kier molecular flexibility index (Phi) is 11.2. The first kappa shape index (κ1) is 28.0. The van der Waals surface area contributed by atoms with Crippen LogP contribution in [-0.2, 0) is 4.79 Å². The number of thioether (sulfide) groups is 1. The van der Waals surface area contributed by atoms with Crippen LogP contribution in [0.15, 0.2) is 47.4 Å². The third-order valence-electron chi connectivity index (χ3n) is 5.46. The van der Waals surface area contributed by atoms with Crippen molar-refractivity contribution in [3.63, 3.8) is 0 Å². The van der Waals surface area contributed by atoms with Gasteiger partial charge in [-0.15, -0.1) is 24.2 Å². The van der Waals surface area contributed by atoms with Gasteiger partial charge in [-0.1, -0.05) is 42.9 Å². The normalized spacial score (nSPS) is 10.9. The van der Waals surface area contributed by atoms with E-state index in [1.54, 1.807) is 22.7 Å². The third kappa shape index (κ3) is 7.66. The Balaban J connectivity index is 0.00000408. The summed E-state index contributed by atoms with van der Waals surface area (Å²) in [5.41, 5.74) is 1.95. The first-order chi connectivity index (χ1) is 15.9. The average molecular weight is 523 g/mol. The van der Waals surface area contributed by atoms with E-state index in [1.165, 1.54) is 33.9 Å². The highest BCUT2D eigenvalue weighted by atomic mass is 35.5. The van der Waals surface area contributed by atoms with Gasteiger partial charge in [0.05, 0.1) is 15.1 Å². The van der Waals surface area contributed by atoms with E-state index in [9.17, 15) is 14.9 Å². The van der Waals surface area contributed by atoms with Crippen LogP contribution in [0.2, 0.25) is 0 Å². The van der Waals surface area contributed by atoms with Crippen molar-refractivity contribution >= 4 is 62.4 Å². The molecule has 0 radical (unpaired) electrons. The number of aryl methyl sites for hydroxylation is 1. The minimum Gasteiger partial charge on any atom is -0.302 e. The minimum atomic E-state index is -0.409. The van der Waals surface area contributed by atoms with Gasteiger partial charge < -0.3 is 4.90 Å². The van der Waals surface area contributed by atoms with E-state index in [0.29, 0.717) is 23.6 Å². The number of likely N-dealkylation sites (N-methyl/N-ethyl adjacent to an activating group) is 1. The summed E-state index contributed by atoms with van der Waals surface area (Å²) >= 11 is 3.09. The first-order valence-corrected chi connectivity index (χ1v) is 13.0. The van der Waals surface area contributed by atoms with E-state index in [-0.39, 0.29) is 24.0 Å². The molecule has 7 nitrogen and oxygen atoms in total. The second-order valence-electron chi connectivity index (χ2n) is 7.74. The molecule has 0 fully saturated rings. The smallest absolute Gasteiger partial charge is 0.270 e. The van der Waals surface area contributed by atoms with Gasteiger partial charge in [0.25, 0.3) is 5.69 Å². The predicted octanol–water partition coefficient (Wildman–Crippen LogP) is 6.18. The van der Waals surface area contributed by atoms with Gasteiger partial charge in [-0.05, 0) is 50.4 Å². The number of hydrogen-bond donors (Lipinski definition) is 0. The lowest BCUT2D eigenvalue weighted by molar-refractivity contribution is -0.384. The molecule has 0 bridgehead atoms. The Hall–Kier alpha value is -2.20. The largest absolute Gasteiger partial charge is 0.302 e. The number of hydrogen-bond acceptors (Lipinski definition) is 7. The second kappa shape index (κ2) is 13.6. The van der Waals surface area contributed by atoms with Gasteiger partial charge in [-0.25, -0.2) is 4.98 Å². The van der Waals surface area contributed by atoms with E-state index in [0.717, 1.165) is 36.5 Å². The Morgan fingerprint density at radius 1 is 1.12 bits per heavy atom. The number of nitro benzene ring substituents is 1. The quantitative estimate of drug-likeness (QED) is 0.122. The summed E-state index contributed by atoms with van der Waals surface area (Å²) in [5, 5.41) is 11.7. The highest BCUT2D eigenvalue weighted by Gasteiger charge is 2.21. The molecule has 3 rings (SSSR count). The fraction of sp³-hybridized carbons (Fsp3) is 0.417. The van der Waals surface area contributed by atoms with E-state index < -0.39 is 4.92 Å². The monoisotopic (exact) mass is 522 g/mol. The van der Waals surface area contributed by atoms with Crippen LogP contribution in [0, 0.1) is 17.0 Å². The molecule has 1 heterocycles. The van der Waals surface area contributed by atoms with Crippen molar-refractivity contribution in [1.29, 1.82) is 0 Å². The number of amides is 1. The van der Waals surface area contributed by atoms with Crippen LogP contribution in [0.1, 0.15) is 32.3 Å². The molecule has 10 heteroatoms. The number of halogens is 1. The van der Waals surface area contributed by atoms with Crippen molar-refractivity contribution in [2.24, 2.45) is 0 Å². The summed E-state index contributed by atoms with van der Waals surface area (Å²) in [6, 6.07) is 13.0. The van der Waals surface area contributed by atoms with Crippen LogP contribution in [0.25, 0.3) is 10.2 Å². The molecule has 0 saturated heterocycles. The summed E-state index contributed by atoms with van der Waals surface area (Å²) < 4.78 is 0.717. The van der Waals surface area contributed by atoms with Crippen LogP contribution >= 0.6 is 35.5 Å². The molecule has 0 unspecified atom stereocenters. The number of carbonyl (C=O) groups is 1. The molecule has 0 aliphatic rings. The van der Waals surface area contributed by atoms with Gasteiger partial charge in [0.2, 0.25) is 5.91 Å². The van der Waals surface area contributed by atoms with E-state index >= 15 is 0 Å². The number of non-ortho nitro benzene ring substituents is 1. The van der Waals surface area contributed by atoms with Crippen molar-refractivity contribution in [3.8, 4) is 0 Å². The number of fused-ring (bicyclic) bond motifs is 1. The zero-order valence-electron chi connectivity index (χ0n) is 19.7. The highest BCUT2D eigenvalue weighted by molar-refractivity contribution is 7.99. The third-order valence-corrected chi connectivity index (χ3v) is 7.60. The molecule has 3 aromatic rings. The molecule has 2 aromatic carbocycles. The van der Waals surface area contributed by atoms with Gasteiger partial charge in [0.1, 0.15) is 0 Å². The molecular formula is C24H31ClN4O3S2. The molecule has 184 valence electrons. The number of rotatable bonds is 12. The van der Waals surface area contributed by atoms with Gasteiger partial charge in [-0.2, -0.15) is 0 Å². The Morgan fingerprint density at radius 2 is 1.82 bits per heavy atom.